The van der Waals surface area contributed by atoms with Crippen molar-refractivity contribution in [3.63, 3.8) is 0 Å². The van der Waals surface area contributed by atoms with Gasteiger partial charge in [0, 0.05) is 0 Å². The fraction of sp³-hybridized carbons (Fsp3) is 1.00. The molecule has 0 unspecified atom stereocenters. The molecule has 86 valence electrons. The molecule has 0 fully saturated rings. The summed E-state index contributed by atoms with van der Waals surface area (Å²) >= 11 is -2.22. The minimum absolute atomic E-state index is 1.33. The second-order valence-corrected chi connectivity index (χ2v) is 26.3. The van der Waals surface area contributed by atoms with Crippen LogP contribution in [0.3, 0.4) is 0 Å². The van der Waals surface area contributed by atoms with Gasteiger partial charge in [-0.3, -0.25) is 0 Å². The Hall–Kier alpha value is 1.21. The van der Waals surface area contributed by atoms with Gasteiger partial charge in [0.25, 0.3) is 0 Å². The van der Waals surface area contributed by atoms with Gasteiger partial charge in [0.1, 0.15) is 0 Å². The first-order valence-corrected chi connectivity index (χ1v) is 19.4. The van der Waals surface area contributed by atoms with E-state index in [4.69, 9.17) is 8.32 Å². The van der Waals surface area contributed by atoms with E-state index in [1.54, 1.807) is 0 Å². The SMILES string of the molecule is CCC[CH2][Pb]([Cl])([CH2]CCC)[CH2]CCC. The van der Waals surface area contributed by atoms with Gasteiger partial charge in [-0.05, 0) is 0 Å². The Bertz CT molecular complexity index is 104. The van der Waals surface area contributed by atoms with Crippen molar-refractivity contribution in [2.45, 2.75) is 71.2 Å². The van der Waals surface area contributed by atoms with Crippen molar-refractivity contribution in [1.29, 1.82) is 0 Å². The van der Waals surface area contributed by atoms with E-state index in [9.17, 15) is 0 Å². The van der Waals surface area contributed by atoms with E-state index < -0.39 is 19.9 Å². The maximum atomic E-state index is 6.90. The fourth-order valence-corrected chi connectivity index (χ4v) is 19.8. The van der Waals surface area contributed by atoms with Crippen molar-refractivity contribution >= 4 is 28.3 Å². The van der Waals surface area contributed by atoms with Crippen LogP contribution in [0.1, 0.15) is 59.3 Å². The van der Waals surface area contributed by atoms with Gasteiger partial charge < -0.3 is 0 Å². The van der Waals surface area contributed by atoms with Crippen molar-refractivity contribution < 1.29 is 0 Å². The van der Waals surface area contributed by atoms with E-state index in [1.165, 1.54) is 50.5 Å². The van der Waals surface area contributed by atoms with E-state index in [-0.39, 0.29) is 0 Å². The van der Waals surface area contributed by atoms with Crippen LogP contribution in [0.5, 0.6) is 0 Å². The molecule has 0 bridgehead atoms. The van der Waals surface area contributed by atoms with E-state index in [0.29, 0.717) is 0 Å². The molecule has 0 rings (SSSR count). The quantitative estimate of drug-likeness (QED) is 0.433. The Kier molecular flexibility index (Phi) is 10.3. The average Bonchev–Trinajstić information content (AvgIpc) is 2.21. The molecule has 0 aromatic rings. The Morgan fingerprint density at radius 1 is 0.714 bits per heavy atom. The maximum absolute atomic E-state index is 6.90. The molecule has 0 saturated carbocycles. The summed E-state index contributed by atoms with van der Waals surface area (Å²) in [6.07, 6.45) is 8.14. The molecule has 2 heteroatoms. The van der Waals surface area contributed by atoms with Crippen LogP contribution in [0.25, 0.3) is 0 Å². The van der Waals surface area contributed by atoms with E-state index in [2.05, 4.69) is 20.8 Å². The molecule has 0 amide bonds. The van der Waals surface area contributed by atoms with E-state index in [0.717, 1.165) is 0 Å². The first kappa shape index (κ1) is 15.2. The molecule has 0 saturated heterocycles. The summed E-state index contributed by atoms with van der Waals surface area (Å²) < 4.78 is 4.31. The number of hydrogen-bond acceptors (Lipinski definition) is 0. The summed E-state index contributed by atoms with van der Waals surface area (Å²) in [5, 5.41) is 0. The van der Waals surface area contributed by atoms with Crippen LogP contribution in [-0.2, 0) is 0 Å². The Labute approximate surface area is 98.9 Å². The predicted octanol–water partition coefficient (Wildman–Crippen LogP) is 5.57. The molecule has 0 N–H and O–H groups in total. The monoisotopic (exact) mass is 414 g/mol. The first-order valence-electron chi connectivity index (χ1n) is 6.37. The van der Waals surface area contributed by atoms with Gasteiger partial charge in [-0.1, -0.05) is 0 Å². The van der Waals surface area contributed by atoms with Crippen molar-refractivity contribution in [2.24, 2.45) is 0 Å². The third-order valence-corrected chi connectivity index (χ3v) is 22.5. The zero-order valence-corrected chi connectivity index (χ0v) is 14.9. The molecule has 0 aromatic carbocycles. The number of rotatable bonds is 9. The predicted molar refractivity (Wildman–Crippen MR) is 70.8 cm³/mol. The van der Waals surface area contributed by atoms with Crippen molar-refractivity contribution in [1.82, 2.24) is 0 Å². The number of halogens is 1. The summed E-state index contributed by atoms with van der Waals surface area (Å²) in [6, 6.07) is 0. The van der Waals surface area contributed by atoms with Gasteiger partial charge in [0.05, 0.1) is 0 Å². The molecule has 0 aliphatic carbocycles. The number of unbranched alkanes of at least 4 members (excludes halogenated alkanes) is 3. The van der Waals surface area contributed by atoms with Crippen LogP contribution in [0.4, 0.5) is 0 Å². The van der Waals surface area contributed by atoms with Crippen LogP contribution in [0.15, 0.2) is 0 Å². The topological polar surface area (TPSA) is 0 Å². The van der Waals surface area contributed by atoms with Gasteiger partial charge in [-0.25, -0.2) is 0 Å². The van der Waals surface area contributed by atoms with Gasteiger partial charge in [-0.15, -0.1) is 0 Å². The molecule has 0 atom stereocenters. The molecule has 0 radical (unpaired) electrons. The molecular weight excluding hydrogens is 387 g/mol. The Balaban J connectivity index is 3.89. The normalized spacial score (nSPS) is 12.0. The van der Waals surface area contributed by atoms with E-state index in [1.807, 2.05) is 0 Å². The molecule has 0 heterocycles. The molecule has 14 heavy (non-hydrogen) atoms. The van der Waals surface area contributed by atoms with Gasteiger partial charge in [0.15, 0.2) is 0 Å². The molecule has 0 nitrogen and oxygen atoms in total. The average molecular weight is 414 g/mol. The summed E-state index contributed by atoms with van der Waals surface area (Å²) in [5.74, 6) is 0. The molecule has 0 aliphatic rings. The summed E-state index contributed by atoms with van der Waals surface area (Å²) in [7, 11) is 6.90. The molecular formula is C12H27ClPb. The molecule has 0 aromatic heterocycles. The van der Waals surface area contributed by atoms with Gasteiger partial charge in [0.2, 0.25) is 0 Å². The van der Waals surface area contributed by atoms with E-state index >= 15 is 0 Å². The third kappa shape index (κ3) is 7.50. The van der Waals surface area contributed by atoms with Crippen molar-refractivity contribution in [3.05, 3.63) is 0 Å². The van der Waals surface area contributed by atoms with Gasteiger partial charge in [-0.2, -0.15) is 0 Å². The van der Waals surface area contributed by atoms with Crippen molar-refractivity contribution in [2.75, 3.05) is 0 Å². The Morgan fingerprint density at radius 2 is 1.00 bits per heavy atom. The summed E-state index contributed by atoms with van der Waals surface area (Å²) in [4.78, 5) is 0. The first-order chi connectivity index (χ1) is 6.68. The minimum atomic E-state index is -2.22. The Morgan fingerprint density at radius 3 is 1.21 bits per heavy atom. The number of hydrogen-bond donors (Lipinski definition) is 0. The fourth-order valence-electron chi connectivity index (χ4n) is 1.86. The third-order valence-electron chi connectivity index (χ3n) is 2.94. The summed E-state index contributed by atoms with van der Waals surface area (Å²) in [5.41, 5.74) is 0. The standard InChI is InChI=1S/3C4H9.ClH.Pb/c3*1-3-4-2;;/h3*1,3-4H2,2H3;1H;/q;;;;+1/p-1. The van der Waals surface area contributed by atoms with Crippen LogP contribution in [-0.4, -0.2) is 19.9 Å². The molecule has 0 aliphatic heterocycles. The van der Waals surface area contributed by atoms with Crippen molar-refractivity contribution in [3.8, 4) is 0 Å². The zero-order valence-electron chi connectivity index (χ0n) is 10.2. The van der Waals surface area contributed by atoms with Crippen LogP contribution >= 0.6 is 8.32 Å². The summed E-state index contributed by atoms with van der Waals surface area (Å²) in [6.45, 7) is 6.85. The molecule has 0 spiro atoms. The second kappa shape index (κ2) is 9.44. The zero-order chi connectivity index (χ0) is 10.9. The van der Waals surface area contributed by atoms with Crippen LogP contribution in [0.2, 0.25) is 11.9 Å². The second-order valence-electron chi connectivity index (χ2n) is 4.46. The van der Waals surface area contributed by atoms with Gasteiger partial charge >= 0.3 is 99.5 Å². The van der Waals surface area contributed by atoms with Crippen LogP contribution in [0, 0.1) is 0 Å². The van der Waals surface area contributed by atoms with Crippen LogP contribution < -0.4 is 0 Å².